The Morgan fingerprint density at radius 1 is 0.943 bits per heavy atom. The molecule has 2 rings (SSSR count). The average molecular weight is 495 g/mol. The second-order valence-corrected chi connectivity index (χ2v) is 15.0. The lowest BCUT2D eigenvalue weighted by Gasteiger charge is -2.31. The predicted octanol–water partition coefficient (Wildman–Crippen LogP) is 3.53. The van der Waals surface area contributed by atoms with Crippen LogP contribution in [0.5, 0.6) is 0 Å². The van der Waals surface area contributed by atoms with Crippen molar-refractivity contribution in [3.63, 3.8) is 0 Å². The Morgan fingerprint density at radius 2 is 1.49 bits per heavy atom. The number of aliphatic hydroxyl groups is 1. The summed E-state index contributed by atoms with van der Waals surface area (Å²) in [7, 11) is -1.94. The maximum absolute atomic E-state index is 12.9. The Balaban J connectivity index is 2.21. The van der Waals surface area contributed by atoms with Crippen molar-refractivity contribution in [1.82, 2.24) is 10.6 Å². The fraction of sp³-hybridized carbons (Fsp3) is 0.370. The first-order valence-corrected chi connectivity index (χ1v) is 14.5. The maximum Gasteiger partial charge on any atom is 0.327 e. The minimum absolute atomic E-state index is 0.0119. The quantitative estimate of drug-likeness (QED) is 0.331. The monoisotopic (exact) mass is 494 g/mol. The predicted molar refractivity (Wildman–Crippen MR) is 138 cm³/mol. The largest absolute Gasteiger partial charge is 0.480 e. The molecule has 8 heteroatoms. The number of amides is 2. The van der Waals surface area contributed by atoms with Crippen molar-refractivity contribution < 1.29 is 24.6 Å². The van der Waals surface area contributed by atoms with E-state index in [1.54, 1.807) is 60.7 Å². The van der Waals surface area contributed by atoms with Gasteiger partial charge < -0.3 is 20.8 Å². The zero-order chi connectivity index (χ0) is 26.2. The van der Waals surface area contributed by atoms with E-state index in [1.807, 2.05) is 0 Å². The van der Waals surface area contributed by atoms with Gasteiger partial charge in [-0.2, -0.15) is 0 Å². The van der Waals surface area contributed by atoms with Crippen molar-refractivity contribution in [1.29, 1.82) is 0 Å². The number of carboxylic acid groups (broad SMARTS) is 1. The van der Waals surface area contributed by atoms with Crippen LogP contribution < -0.4 is 10.6 Å². The molecule has 2 amide bonds. The molecule has 2 aromatic rings. The standard InChI is InChI=1S/C27H34N2O5Si/c1-27(2,3)35(4,5)18-12-17-21(26(33)34)28-25(32)23(30)22(19-13-8-6-9-14-19)29-24(31)20-15-10-7-11-16-20/h6-11,13-16,21-23,30H,17H2,1-5H3,(H,28,32)(H,29,31)(H,33,34)/t21-,22+,23-/m1/s1. The van der Waals surface area contributed by atoms with Crippen molar-refractivity contribution in [2.24, 2.45) is 0 Å². The van der Waals surface area contributed by atoms with Crippen LogP contribution >= 0.6 is 0 Å². The molecule has 186 valence electrons. The lowest BCUT2D eigenvalue weighted by molar-refractivity contribution is -0.143. The summed E-state index contributed by atoms with van der Waals surface area (Å²) in [6, 6.07) is 14.6. The molecular weight excluding hydrogens is 460 g/mol. The zero-order valence-corrected chi connectivity index (χ0v) is 21.8. The van der Waals surface area contributed by atoms with Crippen LogP contribution in [0.2, 0.25) is 18.1 Å². The summed E-state index contributed by atoms with van der Waals surface area (Å²) in [5.41, 5.74) is 4.10. The Kier molecular flexibility index (Phi) is 9.40. The number of carbonyl (C=O) groups excluding carboxylic acids is 2. The van der Waals surface area contributed by atoms with Gasteiger partial charge in [-0.1, -0.05) is 82.4 Å². The molecule has 7 nitrogen and oxygen atoms in total. The van der Waals surface area contributed by atoms with E-state index in [2.05, 4.69) is 56.0 Å². The molecule has 0 heterocycles. The second kappa shape index (κ2) is 11.8. The molecule has 0 saturated carbocycles. The third kappa shape index (κ3) is 7.81. The van der Waals surface area contributed by atoms with Crippen LogP contribution in [0.15, 0.2) is 60.7 Å². The SMILES string of the molecule is CC(C)(C)[Si](C)(C)C#CC[C@@H](NC(=O)[C@H](O)[C@@H](NC(=O)c1ccccc1)c1ccccc1)C(=O)O. The van der Waals surface area contributed by atoms with Crippen molar-refractivity contribution in [2.75, 3.05) is 0 Å². The van der Waals surface area contributed by atoms with Gasteiger partial charge in [-0.3, -0.25) is 9.59 Å². The van der Waals surface area contributed by atoms with Gasteiger partial charge in [0.05, 0.1) is 6.04 Å². The molecular formula is C27H34N2O5Si. The zero-order valence-electron chi connectivity index (χ0n) is 20.8. The summed E-state index contributed by atoms with van der Waals surface area (Å²) in [6.07, 6.45) is -1.81. The molecule has 0 aliphatic carbocycles. The first kappa shape index (κ1) is 27.8. The summed E-state index contributed by atoms with van der Waals surface area (Å²) >= 11 is 0. The number of benzene rings is 2. The molecule has 0 saturated heterocycles. The van der Waals surface area contributed by atoms with E-state index >= 15 is 0 Å². The molecule has 0 spiro atoms. The Bertz CT molecular complexity index is 1090. The minimum atomic E-state index is -1.94. The fourth-order valence-corrected chi connectivity index (χ4v) is 3.91. The van der Waals surface area contributed by atoms with Gasteiger partial charge in [-0.05, 0) is 22.7 Å². The number of aliphatic carboxylic acids is 1. The molecule has 3 atom stereocenters. The van der Waals surface area contributed by atoms with Crippen LogP contribution in [0.3, 0.4) is 0 Å². The van der Waals surface area contributed by atoms with Crippen LogP contribution in [-0.4, -0.2) is 48.2 Å². The second-order valence-electron chi connectivity index (χ2n) is 9.95. The van der Waals surface area contributed by atoms with Gasteiger partial charge in [0.1, 0.15) is 14.1 Å². The summed E-state index contributed by atoms with van der Waals surface area (Å²) in [6.45, 7) is 10.5. The van der Waals surface area contributed by atoms with E-state index in [9.17, 15) is 24.6 Å². The van der Waals surface area contributed by atoms with Gasteiger partial charge >= 0.3 is 5.97 Å². The number of hydrogen-bond donors (Lipinski definition) is 4. The highest BCUT2D eigenvalue weighted by atomic mass is 28.3. The lowest BCUT2D eigenvalue weighted by Crippen LogP contribution is -2.50. The lowest BCUT2D eigenvalue weighted by atomic mass is 9.99. The molecule has 0 unspecified atom stereocenters. The van der Waals surface area contributed by atoms with Crippen LogP contribution in [-0.2, 0) is 9.59 Å². The van der Waals surface area contributed by atoms with E-state index in [0.717, 1.165) is 0 Å². The van der Waals surface area contributed by atoms with Gasteiger partial charge in [0.2, 0.25) is 0 Å². The number of carboxylic acids is 1. The third-order valence-electron chi connectivity index (χ3n) is 6.26. The highest BCUT2D eigenvalue weighted by Crippen LogP contribution is 2.35. The van der Waals surface area contributed by atoms with Gasteiger partial charge in [-0.15, -0.1) is 11.5 Å². The first-order chi connectivity index (χ1) is 16.3. The van der Waals surface area contributed by atoms with Crippen molar-refractivity contribution >= 4 is 25.9 Å². The van der Waals surface area contributed by atoms with Gasteiger partial charge in [0.15, 0.2) is 6.10 Å². The molecule has 35 heavy (non-hydrogen) atoms. The first-order valence-electron chi connectivity index (χ1n) is 11.5. The van der Waals surface area contributed by atoms with Crippen molar-refractivity contribution in [2.45, 2.75) is 63.5 Å². The Morgan fingerprint density at radius 3 is 2.00 bits per heavy atom. The molecule has 0 bridgehead atoms. The molecule has 4 N–H and O–H groups in total. The van der Waals surface area contributed by atoms with E-state index in [1.165, 1.54) is 0 Å². The van der Waals surface area contributed by atoms with E-state index in [-0.39, 0.29) is 11.5 Å². The summed E-state index contributed by atoms with van der Waals surface area (Å²) in [5, 5.41) is 25.6. The average Bonchev–Trinajstić information content (AvgIpc) is 2.81. The maximum atomic E-state index is 12.9. The smallest absolute Gasteiger partial charge is 0.327 e. The molecule has 0 fully saturated rings. The molecule has 0 radical (unpaired) electrons. The van der Waals surface area contributed by atoms with Gasteiger partial charge in [-0.25, -0.2) is 4.79 Å². The number of nitrogens with one attached hydrogen (secondary N) is 2. The molecule has 0 aromatic heterocycles. The number of hydrogen-bond acceptors (Lipinski definition) is 4. The molecule has 2 aromatic carbocycles. The van der Waals surface area contributed by atoms with Gasteiger partial charge in [0.25, 0.3) is 11.8 Å². The highest BCUT2D eigenvalue weighted by molar-refractivity contribution is 6.87. The summed E-state index contributed by atoms with van der Waals surface area (Å²) in [4.78, 5) is 37.4. The van der Waals surface area contributed by atoms with Crippen molar-refractivity contribution in [3.05, 3.63) is 71.8 Å². The topological polar surface area (TPSA) is 116 Å². The molecule has 0 aliphatic heterocycles. The van der Waals surface area contributed by atoms with Crippen LogP contribution in [0.4, 0.5) is 0 Å². The summed E-state index contributed by atoms with van der Waals surface area (Å²) in [5.74, 6) is 0.307. The Labute approximate surface area is 208 Å². The van der Waals surface area contributed by atoms with E-state index < -0.39 is 44.0 Å². The van der Waals surface area contributed by atoms with Gasteiger partial charge in [0, 0.05) is 12.0 Å². The number of carbonyl (C=O) groups is 3. The third-order valence-corrected chi connectivity index (χ3v) is 10.8. The number of aliphatic hydroxyl groups excluding tert-OH is 1. The van der Waals surface area contributed by atoms with Crippen LogP contribution in [0.25, 0.3) is 0 Å². The van der Waals surface area contributed by atoms with Crippen LogP contribution in [0, 0.1) is 11.5 Å². The highest BCUT2D eigenvalue weighted by Gasteiger charge is 2.34. The molecule has 0 aliphatic rings. The fourth-order valence-electron chi connectivity index (χ4n) is 2.99. The van der Waals surface area contributed by atoms with Crippen molar-refractivity contribution in [3.8, 4) is 11.5 Å². The summed E-state index contributed by atoms with van der Waals surface area (Å²) < 4.78 is 0. The van der Waals surface area contributed by atoms with E-state index in [0.29, 0.717) is 11.1 Å². The van der Waals surface area contributed by atoms with E-state index in [4.69, 9.17) is 0 Å². The van der Waals surface area contributed by atoms with Crippen LogP contribution in [0.1, 0.15) is 49.2 Å². The number of rotatable bonds is 8. The minimum Gasteiger partial charge on any atom is -0.480 e. The Hall–Kier alpha value is -3.41. The normalized spacial score (nSPS) is 14.0.